The van der Waals surface area contributed by atoms with E-state index < -0.39 is 0 Å². The summed E-state index contributed by atoms with van der Waals surface area (Å²) < 4.78 is 24.5. The molecule has 0 spiro atoms. The van der Waals surface area contributed by atoms with Crippen molar-refractivity contribution in [3.63, 3.8) is 0 Å². The Morgan fingerprint density at radius 3 is 2.34 bits per heavy atom. The molecule has 1 fully saturated rings. The number of hydrogen-bond acceptors (Lipinski definition) is 5. The lowest BCUT2D eigenvalue weighted by Gasteiger charge is -2.34. The topological polar surface area (TPSA) is 58.8 Å². The van der Waals surface area contributed by atoms with Crippen molar-refractivity contribution in [1.29, 1.82) is 0 Å². The van der Waals surface area contributed by atoms with E-state index >= 15 is 0 Å². The van der Waals surface area contributed by atoms with Gasteiger partial charge in [0.2, 0.25) is 0 Å². The van der Waals surface area contributed by atoms with Gasteiger partial charge in [0.25, 0.3) is 5.91 Å². The van der Waals surface area contributed by atoms with Crippen LogP contribution in [0, 0.1) is 26.6 Å². The summed E-state index contributed by atoms with van der Waals surface area (Å²) in [5, 5.41) is 4.05. The molecule has 2 heterocycles. The van der Waals surface area contributed by atoms with E-state index in [4.69, 9.17) is 9.26 Å². The van der Waals surface area contributed by atoms with Crippen LogP contribution in [0.15, 0.2) is 47.0 Å². The molecule has 0 atom stereocenters. The minimum absolute atomic E-state index is 0.136. The summed E-state index contributed by atoms with van der Waals surface area (Å²) in [6, 6.07) is 12.5. The fourth-order valence-electron chi connectivity index (χ4n) is 4.01. The number of piperazine rings is 1. The average Bonchev–Trinajstić information content (AvgIpc) is 3.15. The van der Waals surface area contributed by atoms with Crippen LogP contribution in [-0.2, 0) is 13.2 Å². The first-order valence-electron chi connectivity index (χ1n) is 10.8. The summed E-state index contributed by atoms with van der Waals surface area (Å²) in [7, 11) is 0. The molecular formula is C25H28FN3O3. The molecule has 168 valence electrons. The van der Waals surface area contributed by atoms with Crippen molar-refractivity contribution in [3.05, 3.63) is 82.0 Å². The maximum absolute atomic E-state index is 13.2. The fourth-order valence-corrected chi connectivity index (χ4v) is 4.01. The number of rotatable bonds is 6. The molecule has 0 aliphatic carbocycles. The van der Waals surface area contributed by atoms with Crippen LogP contribution in [0.2, 0.25) is 0 Å². The van der Waals surface area contributed by atoms with Gasteiger partial charge in [-0.2, -0.15) is 0 Å². The Kier molecular flexibility index (Phi) is 6.55. The summed E-state index contributed by atoms with van der Waals surface area (Å²) in [6.45, 7) is 9.45. The maximum Gasteiger partial charge on any atom is 0.276 e. The van der Waals surface area contributed by atoms with Crippen molar-refractivity contribution in [2.45, 2.75) is 33.9 Å². The molecule has 1 aliphatic heterocycles. The zero-order valence-electron chi connectivity index (χ0n) is 18.7. The SMILES string of the molecule is Cc1cccc(C)c1OCc1c(C(=O)N2CCN(Cc3ccc(F)cc3)CC2)noc1C. The number of benzene rings is 2. The summed E-state index contributed by atoms with van der Waals surface area (Å²) in [4.78, 5) is 17.2. The van der Waals surface area contributed by atoms with Gasteiger partial charge in [0.1, 0.15) is 23.9 Å². The highest BCUT2D eigenvalue weighted by Gasteiger charge is 2.28. The monoisotopic (exact) mass is 437 g/mol. The van der Waals surface area contributed by atoms with Gasteiger partial charge in [-0.15, -0.1) is 0 Å². The van der Waals surface area contributed by atoms with Gasteiger partial charge in [-0.1, -0.05) is 35.5 Å². The molecule has 4 rings (SSSR count). The molecule has 0 bridgehead atoms. The first-order chi connectivity index (χ1) is 15.4. The molecule has 1 aliphatic rings. The molecule has 0 radical (unpaired) electrons. The highest BCUT2D eigenvalue weighted by molar-refractivity contribution is 5.93. The van der Waals surface area contributed by atoms with E-state index in [0.717, 1.165) is 42.1 Å². The van der Waals surface area contributed by atoms with Crippen LogP contribution >= 0.6 is 0 Å². The van der Waals surface area contributed by atoms with Crippen LogP contribution in [0.1, 0.15) is 38.5 Å². The van der Waals surface area contributed by atoms with E-state index in [2.05, 4.69) is 10.1 Å². The number of carbonyl (C=O) groups excluding carboxylic acids is 1. The van der Waals surface area contributed by atoms with E-state index in [1.165, 1.54) is 12.1 Å². The Labute approximate surface area is 187 Å². The lowest BCUT2D eigenvalue weighted by Crippen LogP contribution is -2.48. The minimum atomic E-state index is -0.232. The van der Waals surface area contributed by atoms with Gasteiger partial charge in [0, 0.05) is 32.7 Å². The van der Waals surface area contributed by atoms with Crippen LogP contribution in [0.5, 0.6) is 5.75 Å². The summed E-state index contributed by atoms with van der Waals surface area (Å²) in [6.07, 6.45) is 0. The van der Waals surface area contributed by atoms with E-state index in [1.807, 2.05) is 32.0 Å². The number of ether oxygens (including phenoxy) is 1. The van der Waals surface area contributed by atoms with Gasteiger partial charge in [-0.25, -0.2) is 4.39 Å². The summed E-state index contributed by atoms with van der Waals surface area (Å²) in [5.74, 6) is 1.04. The van der Waals surface area contributed by atoms with E-state index in [9.17, 15) is 9.18 Å². The summed E-state index contributed by atoms with van der Waals surface area (Å²) in [5.41, 5.74) is 4.16. The molecule has 32 heavy (non-hydrogen) atoms. The summed E-state index contributed by atoms with van der Waals surface area (Å²) >= 11 is 0. The molecule has 2 aromatic carbocycles. The largest absolute Gasteiger partial charge is 0.488 e. The number of nitrogens with zero attached hydrogens (tertiary/aromatic N) is 3. The number of para-hydroxylation sites is 1. The van der Waals surface area contributed by atoms with E-state index in [-0.39, 0.29) is 18.3 Å². The van der Waals surface area contributed by atoms with E-state index in [1.54, 1.807) is 24.0 Å². The first kappa shape index (κ1) is 22.0. The van der Waals surface area contributed by atoms with Gasteiger partial charge in [0.05, 0.1) is 5.56 Å². The van der Waals surface area contributed by atoms with Crippen LogP contribution in [0.25, 0.3) is 0 Å². The Balaban J connectivity index is 1.38. The second-order valence-corrected chi connectivity index (χ2v) is 8.27. The number of aryl methyl sites for hydroxylation is 3. The average molecular weight is 438 g/mol. The lowest BCUT2D eigenvalue weighted by molar-refractivity contribution is 0.0616. The van der Waals surface area contributed by atoms with Crippen LogP contribution in [-0.4, -0.2) is 47.0 Å². The maximum atomic E-state index is 13.2. The Morgan fingerprint density at radius 2 is 1.69 bits per heavy atom. The van der Waals surface area contributed by atoms with Crippen molar-refractivity contribution >= 4 is 5.91 Å². The number of amides is 1. The molecule has 7 heteroatoms. The molecule has 1 saturated heterocycles. The zero-order valence-corrected chi connectivity index (χ0v) is 18.7. The first-order valence-corrected chi connectivity index (χ1v) is 10.8. The van der Waals surface area contributed by atoms with Gasteiger partial charge >= 0.3 is 0 Å². The third kappa shape index (κ3) is 4.83. The Morgan fingerprint density at radius 1 is 1.03 bits per heavy atom. The van der Waals surface area contributed by atoms with E-state index in [0.29, 0.717) is 30.1 Å². The van der Waals surface area contributed by atoms with Crippen LogP contribution in [0.3, 0.4) is 0 Å². The van der Waals surface area contributed by atoms with Crippen molar-refractivity contribution in [2.24, 2.45) is 0 Å². The Hall–Kier alpha value is -3.19. The van der Waals surface area contributed by atoms with Crippen molar-refractivity contribution in [3.8, 4) is 5.75 Å². The van der Waals surface area contributed by atoms with Gasteiger partial charge in [-0.05, 0) is 49.6 Å². The zero-order chi connectivity index (χ0) is 22.7. The van der Waals surface area contributed by atoms with Gasteiger partial charge < -0.3 is 14.2 Å². The van der Waals surface area contributed by atoms with Gasteiger partial charge in [-0.3, -0.25) is 9.69 Å². The Bertz CT molecular complexity index is 1070. The minimum Gasteiger partial charge on any atom is -0.488 e. The third-order valence-corrected chi connectivity index (χ3v) is 5.94. The molecule has 0 unspecified atom stereocenters. The predicted octanol–water partition coefficient (Wildman–Crippen LogP) is 4.28. The quantitative estimate of drug-likeness (QED) is 0.576. The molecule has 0 N–H and O–H groups in total. The highest BCUT2D eigenvalue weighted by atomic mass is 19.1. The number of halogens is 1. The highest BCUT2D eigenvalue weighted by Crippen LogP contribution is 2.25. The lowest BCUT2D eigenvalue weighted by atomic mass is 10.1. The standard InChI is InChI=1S/C25H28FN3O3/c1-17-5-4-6-18(2)24(17)31-16-22-19(3)32-27-23(22)25(30)29-13-11-28(12-14-29)15-20-7-9-21(26)10-8-20/h4-10H,11-16H2,1-3H3. The third-order valence-electron chi connectivity index (χ3n) is 5.94. The van der Waals surface area contributed by atoms with Gasteiger partial charge in [0.15, 0.2) is 5.69 Å². The molecule has 3 aromatic rings. The number of aromatic nitrogens is 1. The molecular weight excluding hydrogens is 409 g/mol. The molecule has 6 nitrogen and oxygen atoms in total. The second kappa shape index (κ2) is 9.53. The number of carbonyl (C=O) groups is 1. The second-order valence-electron chi connectivity index (χ2n) is 8.27. The molecule has 0 saturated carbocycles. The van der Waals surface area contributed by atoms with Crippen LogP contribution < -0.4 is 4.74 Å². The molecule has 1 amide bonds. The van der Waals surface area contributed by atoms with Crippen molar-refractivity contribution in [2.75, 3.05) is 26.2 Å². The van der Waals surface area contributed by atoms with Crippen molar-refractivity contribution in [1.82, 2.24) is 15.0 Å². The normalized spacial score (nSPS) is 14.6. The fraction of sp³-hybridized carbons (Fsp3) is 0.360. The number of hydrogen-bond donors (Lipinski definition) is 0. The predicted molar refractivity (Wildman–Crippen MR) is 119 cm³/mol. The van der Waals surface area contributed by atoms with Crippen LogP contribution in [0.4, 0.5) is 4.39 Å². The smallest absolute Gasteiger partial charge is 0.276 e. The van der Waals surface area contributed by atoms with Crippen molar-refractivity contribution < 1.29 is 18.4 Å². The molecule has 1 aromatic heterocycles.